The molecule has 102 valence electrons. The predicted molar refractivity (Wildman–Crippen MR) is 78.6 cm³/mol. The molecule has 20 heavy (non-hydrogen) atoms. The van der Waals surface area contributed by atoms with Gasteiger partial charge in [-0.15, -0.1) is 0 Å². The molecule has 2 aromatic heterocycles. The van der Waals surface area contributed by atoms with E-state index in [1.54, 1.807) is 13.0 Å². The molecule has 0 atom stereocenters. The number of hydrogen-bond acceptors (Lipinski definition) is 5. The first-order valence-electron chi connectivity index (χ1n) is 5.85. The van der Waals surface area contributed by atoms with E-state index >= 15 is 0 Å². The van der Waals surface area contributed by atoms with Gasteiger partial charge in [-0.05, 0) is 25.5 Å². The van der Waals surface area contributed by atoms with Gasteiger partial charge in [-0.25, -0.2) is 4.98 Å². The molecular weight excluding hydrogens is 298 g/mol. The number of aryl methyl sites for hydroxylation is 2. The molecule has 2 heterocycles. The topological polar surface area (TPSA) is 68.0 Å². The number of fused-ring (bicyclic) bond motifs is 1. The van der Waals surface area contributed by atoms with Gasteiger partial charge in [-0.2, -0.15) is 0 Å². The lowest BCUT2D eigenvalue weighted by molar-refractivity contribution is 0.101. The third-order valence-electron chi connectivity index (χ3n) is 2.78. The first-order chi connectivity index (χ1) is 9.54. The van der Waals surface area contributed by atoms with Crippen molar-refractivity contribution < 1.29 is 9.32 Å². The van der Waals surface area contributed by atoms with Crippen LogP contribution in [0.15, 0.2) is 22.7 Å². The number of nitrogens with one attached hydrogen (secondary N) is 1. The molecule has 0 saturated heterocycles. The molecule has 1 aromatic carbocycles. The minimum atomic E-state index is -0.352. The number of amides is 1. The third-order valence-corrected chi connectivity index (χ3v) is 4.21. The number of anilines is 1. The number of nitrogens with zero attached hydrogens (tertiary/aromatic N) is 2. The molecule has 0 saturated carbocycles. The van der Waals surface area contributed by atoms with E-state index < -0.39 is 0 Å². The number of halogens is 1. The number of rotatable bonds is 2. The molecule has 5 nitrogen and oxygen atoms in total. The Kier molecular flexibility index (Phi) is 3.19. The van der Waals surface area contributed by atoms with Gasteiger partial charge in [0, 0.05) is 6.07 Å². The summed E-state index contributed by atoms with van der Waals surface area (Å²) in [5.41, 5.74) is 2.04. The molecule has 0 radical (unpaired) electrons. The molecule has 3 aromatic rings. The van der Waals surface area contributed by atoms with Crippen molar-refractivity contribution in [1.29, 1.82) is 0 Å². The van der Waals surface area contributed by atoms with Crippen molar-refractivity contribution in [2.75, 3.05) is 5.32 Å². The second-order valence-corrected chi connectivity index (χ2v) is 5.74. The second kappa shape index (κ2) is 4.88. The van der Waals surface area contributed by atoms with E-state index in [-0.39, 0.29) is 11.6 Å². The zero-order valence-electron chi connectivity index (χ0n) is 10.7. The van der Waals surface area contributed by atoms with Crippen LogP contribution in [0.1, 0.15) is 21.8 Å². The van der Waals surface area contributed by atoms with Gasteiger partial charge in [-0.1, -0.05) is 34.2 Å². The summed E-state index contributed by atoms with van der Waals surface area (Å²) >= 11 is 7.46. The van der Waals surface area contributed by atoms with Crippen LogP contribution in [0.5, 0.6) is 0 Å². The smallest absolute Gasteiger partial charge is 0.279 e. The van der Waals surface area contributed by atoms with Crippen LogP contribution >= 0.6 is 22.9 Å². The summed E-state index contributed by atoms with van der Waals surface area (Å²) in [7, 11) is 0. The normalized spacial score (nSPS) is 10.9. The van der Waals surface area contributed by atoms with Crippen LogP contribution in [0.25, 0.3) is 10.2 Å². The van der Waals surface area contributed by atoms with E-state index in [4.69, 9.17) is 16.1 Å². The van der Waals surface area contributed by atoms with Gasteiger partial charge in [0.1, 0.15) is 5.76 Å². The summed E-state index contributed by atoms with van der Waals surface area (Å²) < 4.78 is 5.73. The number of hydrogen-bond donors (Lipinski definition) is 1. The summed E-state index contributed by atoms with van der Waals surface area (Å²) in [5, 5.41) is 7.48. The van der Waals surface area contributed by atoms with Gasteiger partial charge in [0.15, 0.2) is 10.8 Å². The van der Waals surface area contributed by atoms with Gasteiger partial charge in [0.25, 0.3) is 5.91 Å². The van der Waals surface area contributed by atoms with Crippen LogP contribution in [0.3, 0.4) is 0 Å². The Hall–Kier alpha value is -1.92. The quantitative estimate of drug-likeness (QED) is 0.781. The molecule has 1 N–H and O–H groups in total. The average Bonchev–Trinajstić information content (AvgIpc) is 3.01. The Balaban J connectivity index is 1.93. The van der Waals surface area contributed by atoms with Gasteiger partial charge >= 0.3 is 0 Å². The number of carbonyl (C=O) groups is 1. The maximum atomic E-state index is 12.0. The van der Waals surface area contributed by atoms with E-state index in [1.165, 1.54) is 11.3 Å². The van der Waals surface area contributed by atoms with Crippen molar-refractivity contribution >= 4 is 44.2 Å². The molecule has 1 amide bonds. The van der Waals surface area contributed by atoms with Crippen LogP contribution in [-0.2, 0) is 0 Å². The van der Waals surface area contributed by atoms with E-state index in [2.05, 4.69) is 15.5 Å². The van der Waals surface area contributed by atoms with Crippen LogP contribution in [0.2, 0.25) is 5.02 Å². The number of benzene rings is 1. The predicted octanol–water partition coefficient (Wildman–Crippen LogP) is 3.81. The first kappa shape index (κ1) is 13.1. The van der Waals surface area contributed by atoms with E-state index in [1.807, 2.05) is 19.1 Å². The maximum absolute atomic E-state index is 12.0. The van der Waals surface area contributed by atoms with Crippen LogP contribution < -0.4 is 5.32 Å². The lowest BCUT2D eigenvalue weighted by atomic mass is 10.2. The first-order valence-corrected chi connectivity index (χ1v) is 7.04. The average molecular weight is 308 g/mol. The largest absolute Gasteiger partial charge is 0.361 e. The fourth-order valence-corrected chi connectivity index (χ4v) is 3.00. The fourth-order valence-electron chi connectivity index (χ4n) is 1.79. The summed E-state index contributed by atoms with van der Waals surface area (Å²) in [6, 6.07) is 5.29. The van der Waals surface area contributed by atoms with Crippen molar-refractivity contribution in [3.05, 3.63) is 40.2 Å². The van der Waals surface area contributed by atoms with Gasteiger partial charge in [0.05, 0.1) is 15.2 Å². The molecule has 0 aliphatic heterocycles. The molecule has 7 heteroatoms. The molecule has 0 fully saturated rings. The Morgan fingerprint density at radius 3 is 2.85 bits per heavy atom. The lowest BCUT2D eigenvalue weighted by Gasteiger charge is -1.95. The second-order valence-electron chi connectivity index (χ2n) is 4.34. The van der Waals surface area contributed by atoms with Crippen LogP contribution in [-0.4, -0.2) is 16.0 Å². The van der Waals surface area contributed by atoms with Gasteiger partial charge < -0.3 is 4.52 Å². The Morgan fingerprint density at radius 1 is 1.40 bits per heavy atom. The molecule has 0 bridgehead atoms. The highest BCUT2D eigenvalue weighted by molar-refractivity contribution is 7.23. The highest BCUT2D eigenvalue weighted by Crippen LogP contribution is 2.33. The number of thiazole rings is 1. The monoisotopic (exact) mass is 307 g/mol. The standard InChI is InChI=1S/C13H10ClN3O2S/c1-6-3-4-8(14)11-10(6)15-13(20-11)16-12(18)9-5-7(2)19-17-9/h3-5H,1-2H3,(H,15,16,18). The molecule has 0 unspecified atom stereocenters. The lowest BCUT2D eigenvalue weighted by Crippen LogP contribution is -2.11. The minimum absolute atomic E-state index is 0.226. The van der Waals surface area contributed by atoms with Crippen LogP contribution in [0.4, 0.5) is 5.13 Å². The van der Waals surface area contributed by atoms with Crippen molar-refractivity contribution in [3.8, 4) is 0 Å². The van der Waals surface area contributed by atoms with Crippen molar-refractivity contribution in [2.24, 2.45) is 0 Å². The molecule has 0 aliphatic carbocycles. The van der Waals surface area contributed by atoms with Gasteiger partial charge in [0.2, 0.25) is 0 Å². The summed E-state index contributed by atoms with van der Waals surface area (Å²) in [5.74, 6) is 0.230. The van der Waals surface area contributed by atoms with Crippen molar-refractivity contribution in [1.82, 2.24) is 10.1 Å². The highest BCUT2D eigenvalue weighted by Gasteiger charge is 2.15. The zero-order chi connectivity index (χ0) is 14.3. The minimum Gasteiger partial charge on any atom is -0.361 e. The highest BCUT2D eigenvalue weighted by atomic mass is 35.5. The molecule has 3 rings (SSSR count). The van der Waals surface area contributed by atoms with Crippen molar-refractivity contribution in [3.63, 3.8) is 0 Å². The Labute approximate surface area is 123 Å². The Morgan fingerprint density at radius 2 is 2.20 bits per heavy atom. The summed E-state index contributed by atoms with van der Waals surface area (Å²) in [6.07, 6.45) is 0. The van der Waals surface area contributed by atoms with E-state index in [0.29, 0.717) is 15.9 Å². The van der Waals surface area contributed by atoms with E-state index in [0.717, 1.165) is 15.8 Å². The fraction of sp³-hybridized carbons (Fsp3) is 0.154. The Bertz CT molecular complexity index is 770. The molecular formula is C13H10ClN3O2S. The molecule has 0 aliphatic rings. The van der Waals surface area contributed by atoms with E-state index in [9.17, 15) is 4.79 Å². The number of aromatic nitrogens is 2. The summed E-state index contributed by atoms with van der Waals surface area (Å²) in [4.78, 5) is 16.4. The van der Waals surface area contributed by atoms with Crippen LogP contribution in [0, 0.1) is 13.8 Å². The number of carbonyl (C=O) groups excluding carboxylic acids is 1. The third kappa shape index (κ3) is 2.28. The summed E-state index contributed by atoms with van der Waals surface area (Å²) in [6.45, 7) is 3.68. The van der Waals surface area contributed by atoms with Gasteiger partial charge in [-0.3, -0.25) is 10.1 Å². The zero-order valence-corrected chi connectivity index (χ0v) is 12.3. The molecule has 0 spiro atoms. The van der Waals surface area contributed by atoms with Crippen molar-refractivity contribution in [2.45, 2.75) is 13.8 Å². The SMILES string of the molecule is Cc1cc(C(=O)Nc2nc3c(C)ccc(Cl)c3s2)no1. The maximum Gasteiger partial charge on any atom is 0.279 e.